The second-order valence-corrected chi connectivity index (χ2v) is 7.28. The minimum atomic E-state index is -0.0932. The lowest BCUT2D eigenvalue weighted by molar-refractivity contribution is 0.00731. The van der Waals surface area contributed by atoms with E-state index in [4.69, 9.17) is 16.3 Å². The summed E-state index contributed by atoms with van der Waals surface area (Å²) in [6, 6.07) is 14.1. The fraction of sp³-hybridized carbons (Fsp3) is 0.381. The topological polar surface area (TPSA) is 58.6 Å². The summed E-state index contributed by atoms with van der Waals surface area (Å²) >= 11 is 6.00. The van der Waals surface area contributed by atoms with Gasteiger partial charge in [-0.25, -0.2) is 0 Å². The Bertz CT molecular complexity index is 724. The van der Waals surface area contributed by atoms with Crippen LogP contribution < -0.4 is 5.32 Å². The van der Waals surface area contributed by atoms with Gasteiger partial charge < -0.3 is 15.2 Å². The summed E-state index contributed by atoms with van der Waals surface area (Å²) in [4.78, 5) is 12.1. The minimum absolute atomic E-state index is 0.0932. The number of aromatic hydroxyl groups is 1. The fourth-order valence-electron chi connectivity index (χ4n) is 3.30. The first-order chi connectivity index (χ1) is 12.6. The fourth-order valence-corrected chi connectivity index (χ4v) is 3.51. The third-order valence-corrected chi connectivity index (χ3v) is 5.08. The molecular weight excluding hydrogens is 350 g/mol. The van der Waals surface area contributed by atoms with Gasteiger partial charge >= 0.3 is 0 Å². The summed E-state index contributed by atoms with van der Waals surface area (Å²) in [5.41, 5.74) is 1.67. The smallest absolute Gasteiger partial charge is 0.251 e. The van der Waals surface area contributed by atoms with Crippen molar-refractivity contribution in [3.8, 4) is 5.75 Å². The molecule has 0 aliphatic heterocycles. The first kappa shape index (κ1) is 18.7. The Hall–Kier alpha value is -2.04. The van der Waals surface area contributed by atoms with Crippen molar-refractivity contribution >= 4 is 17.5 Å². The molecular formula is C21H24ClNO3. The van der Waals surface area contributed by atoms with E-state index < -0.39 is 0 Å². The molecule has 1 amide bonds. The van der Waals surface area contributed by atoms with Crippen molar-refractivity contribution in [3.63, 3.8) is 0 Å². The molecule has 0 heterocycles. The van der Waals surface area contributed by atoms with Crippen LogP contribution in [-0.4, -0.2) is 23.7 Å². The molecule has 2 aromatic rings. The zero-order chi connectivity index (χ0) is 18.4. The first-order valence-corrected chi connectivity index (χ1v) is 9.41. The molecule has 0 unspecified atom stereocenters. The molecule has 0 saturated heterocycles. The maximum absolute atomic E-state index is 12.1. The number of halogens is 1. The highest BCUT2D eigenvalue weighted by Crippen LogP contribution is 2.26. The van der Waals surface area contributed by atoms with Gasteiger partial charge in [-0.05, 0) is 73.6 Å². The molecule has 0 spiro atoms. The van der Waals surface area contributed by atoms with E-state index in [2.05, 4.69) is 5.32 Å². The summed E-state index contributed by atoms with van der Waals surface area (Å²) in [5, 5.41) is 13.0. The number of phenolic OH excluding ortho intramolecular Hbond substituents is 1. The molecule has 2 aromatic carbocycles. The highest BCUT2D eigenvalue weighted by Gasteiger charge is 2.22. The molecule has 0 bridgehead atoms. The van der Waals surface area contributed by atoms with Crippen molar-refractivity contribution in [2.75, 3.05) is 6.54 Å². The molecule has 0 atom stereocenters. The zero-order valence-corrected chi connectivity index (χ0v) is 15.4. The quantitative estimate of drug-likeness (QED) is 0.780. The number of carbonyl (C=O) groups excluding carboxylic acids is 1. The van der Waals surface area contributed by atoms with Gasteiger partial charge in [0.1, 0.15) is 5.75 Å². The van der Waals surface area contributed by atoms with Gasteiger partial charge in [0.25, 0.3) is 5.91 Å². The van der Waals surface area contributed by atoms with Gasteiger partial charge in [-0.3, -0.25) is 4.79 Å². The van der Waals surface area contributed by atoms with Gasteiger partial charge in [0.15, 0.2) is 0 Å². The average molecular weight is 374 g/mol. The number of phenols is 1. The number of amides is 1. The Balaban J connectivity index is 1.37. The largest absolute Gasteiger partial charge is 0.508 e. The van der Waals surface area contributed by atoms with Crippen molar-refractivity contribution in [3.05, 3.63) is 64.7 Å². The average Bonchev–Trinajstić information content (AvgIpc) is 2.66. The van der Waals surface area contributed by atoms with Crippen molar-refractivity contribution < 1.29 is 14.6 Å². The molecule has 4 nitrogen and oxygen atoms in total. The molecule has 2 N–H and O–H groups in total. The number of carbonyl (C=O) groups is 1. The van der Waals surface area contributed by atoms with Crippen LogP contribution in [0.25, 0.3) is 0 Å². The number of benzene rings is 2. The highest BCUT2D eigenvalue weighted by atomic mass is 35.5. The van der Waals surface area contributed by atoms with Crippen LogP contribution in [0.4, 0.5) is 0 Å². The lowest BCUT2D eigenvalue weighted by Crippen LogP contribution is -2.32. The van der Waals surface area contributed by atoms with Crippen LogP contribution in [-0.2, 0) is 11.3 Å². The molecule has 1 saturated carbocycles. The number of nitrogens with one attached hydrogen (secondary N) is 1. The molecule has 1 aliphatic rings. The predicted octanol–water partition coefficient (Wildman–Crippen LogP) is 4.55. The molecule has 0 radical (unpaired) electrons. The standard InChI is InChI=1S/C21H24ClNO3/c22-18-3-1-2-16(12-18)14-26-20-10-4-15(5-11-20)13-23-21(25)17-6-8-19(24)9-7-17/h1-3,6-9,12,15,20,24H,4-5,10-11,13-14H2,(H,23,25). The molecule has 138 valence electrons. The van der Waals surface area contributed by atoms with Gasteiger partial charge in [-0.15, -0.1) is 0 Å². The molecule has 1 fully saturated rings. The highest BCUT2D eigenvalue weighted by molar-refractivity contribution is 6.30. The third kappa shape index (κ3) is 5.48. The number of hydrogen-bond acceptors (Lipinski definition) is 3. The van der Waals surface area contributed by atoms with Crippen molar-refractivity contribution in [2.24, 2.45) is 5.92 Å². The Labute approximate surface area is 159 Å². The van der Waals surface area contributed by atoms with E-state index in [0.29, 0.717) is 24.6 Å². The minimum Gasteiger partial charge on any atom is -0.508 e. The van der Waals surface area contributed by atoms with Gasteiger partial charge in [0.05, 0.1) is 12.7 Å². The maximum atomic E-state index is 12.1. The van der Waals surface area contributed by atoms with E-state index in [1.54, 1.807) is 12.1 Å². The lowest BCUT2D eigenvalue weighted by Gasteiger charge is -2.28. The van der Waals surface area contributed by atoms with Crippen molar-refractivity contribution in [1.29, 1.82) is 0 Å². The molecule has 0 aromatic heterocycles. The van der Waals surface area contributed by atoms with Gasteiger partial charge in [-0.1, -0.05) is 23.7 Å². The zero-order valence-electron chi connectivity index (χ0n) is 14.7. The monoisotopic (exact) mass is 373 g/mol. The normalized spacial score (nSPS) is 19.9. The van der Waals surface area contributed by atoms with Gasteiger partial charge in [0, 0.05) is 17.1 Å². The van der Waals surface area contributed by atoms with E-state index in [1.165, 1.54) is 12.1 Å². The molecule has 5 heteroatoms. The van der Waals surface area contributed by atoms with E-state index in [0.717, 1.165) is 36.3 Å². The van der Waals surface area contributed by atoms with E-state index in [1.807, 2.05) is 24.3 Å². The Morgan fingerprint density at radius 1 is 1.12 bits per heavy atom. The maximum Gasteiger partial charge on any atom is 0.251 e. The first-order valence-electron chi connectivity index (χ1n) is 9.03. The summed E-state index contributed by atoms with van der Waals surface area (Å²) in [6.07, 6.45) is 4.41. The van der Waals surface area contributed by atoms with E-state index >= 15 is 0 Å². The van der Waals surface area contributed by atoms with Crippen LogP contribution in [0.2, 0.25) is 5.02 Å². The number of ether oxygens (including phenoxy) is 1. The predicted molar refractivity (Wildman–Crippen MR) is 102 cm³/mol. The van der Waals surface area contributed by atoms with Gasteiger partial charge in [-0.2, -0.15) is 0 Å². The second-order valence-electron chi connectivity index (χ2n) is 6.84. The summed E-state index contributed by atoms with van der Waals surface area (Å²) in [6.45, 7) is 1.27. The number of hydrogen-bond donors (Lipinski definition) is 2. The lowest BCUT2D eigenvalue weighted by atomic mass is 9.87. The summed E-state index contributed by atoms with van der Waals surface area (Å²) < 4.78 is 6.01. The SMILES string of the molecule is O=C(NCC1CCC(OCc2cccc(Cl)c2)CC1)c1ccc(O)cc1. The molecule has 1 aliphatic carbocycles. The Morgan fingerprint density at radius 2 is 1.85 bits per heavy atom. The summed E-state index contributed by atoms with van der Waals surface area (Å²) in [5.74, 6) is 0.559. The summed E-state index contributed by atoms with van der Waals surface area (Å²) in [7, 11) is 0. The molecule has 3 rings (SSSR count). The Morgan fingerprint density at radius 3 is 2.54 bits per heavy atom. The van der Waals surface area contributed by atoms with Crippen LogP contribution in [0.1, 0.15) is 41.6 Å². The van der Waals surface area contributed by atoms with Crippen LogP contribution >= 0.6 is 11.6 Å². The van der Waals surface area contributed by atoms with Crippen molar-refractivity contribution in [2.45, 2.75) is 38.4 Å². The third-order valence-electron chi connectivity index (χ3n) is 4.85. The van der Waals surface area contributed by atoms with Gasteiger partial charge in [0.2, 0.25) is 0 Å². The second kappa shape index (κ2) is 9.06. The van der Waals surface area contributed by atoms with Crippen LogP contribution in [0.3, 0.4) is 0 Å². The van der Waals surface area contributed by atoms with Crippen LogP contribution in [0.5, 0.6) is 5.75 Å². The van der Waals surface area contributed by atoms with Crippen molar-refractivity contribution in [1.82, 2.24) is 5.32 Å². The van der Waals surface area contributed by atoms with E-state index in [9.17, 15) is 9.90 Å². The number of rotatable bonds is 6. The van der Waals surface area contributed by atoms with E-state index in [-0.39, 0.29) is 17.8 Å². The van der Waals surface area contributed by atoms with Crippen LogP contribution in [0, 0.1) is 5.92 Å². The van der Waals surface area contributed by atoms with Crippen LogP contribution in [0.15, 0.2) is 48.5 Å². The Kier molecular flexibility index (Phi) is 6.53. The molecule has 26 heavy (non-hydrogen) atoms.